The minimum Gasteiger partial charge on any atom is -0.337 e. The number of fused-ring (bicyclic) bond motifs is 1. The summed E-state index contributed by atoms with van der Waals surface area (Å²) in [5.41, 5.74) is 1.94. The maximum absolute atomic E-state index is 13.1. The van der Waals surface area contributed by atoms with Gasteiger partial charge in [-0.3, -0.25) is 13.9 Å². The van der Waals surface area contributed by atoms with E-state index in [0.29, 0.717) is 22.6 Å². The second kappa shape index (κ2) is 6.30. The topological polar surface area (TPSA) is 82.9 Å². The van der Waals surface area contributed by atoms with Crippen LogP contribution in [0.1, 0.15) is 30.3 Å². The van der Waals surface area contributed by atoms with Crippen LogP contribution >= 0.6 is 0 Å². The zero-order valence-corrected chi connectivity index (χ0v) is 15.3. The molecule has 28 heavy (non-hydrogen) atoms. The number of benzene rings is 2. The molecule has 5 rings (SSSR count). The van der Waals surface area contributed by atoms with E-state index in [4.69, 9.17) is 4.52 Å². The number of para-hydroxylation sites is 1. The van der Waals surface area contributed by atoms with E-state index in [-0.39, 0.29) is 23.8 Å². The van der Waals surface area contributed by atoms with Crippen molar-refractivity contribution >= 4 is 10.9 Å². The highest BCUT2D eigenvalue weighted by atomic mass is 16.5. The number of aryl methyl sites for hydroxylation is 1. The lowest BCUT2D eigenvalue weighted by atomic mass is 10.1. The van der Waals surface area contributed by atoms with Crippen LogP contribution in [0.25, 0.3) is 22.3 Å². The van der Waals surface area contributed by atoms with E-state index in [1.165, 1.54) is 4.57 Å². The van der Waals surface area contributed by atoms with Crippen LogP contribution in [0.2, 0.25) is 0 Å². The van der Waals surface area contributed by atoms with Crippen LogP contribution in [-0.2, 0) is 6.54 Å². The van der Waals surface area contributed by atoms with Crippen molar-refractivity contribution in [3.05, 3.63) is 80.8 Å². The van der Waals surface area contributed by atoms with E-state index in [1.807, 2.05) is 37.3 Å². The van der Waals surface area contributed by atoms with Crippen LogP contribution in [0.3, 0.4) is 0 Å². The smallest absolute Gasteiger partial charge is 0.332 e. The molecular weight excluding hydrogens is 356 g/mol. The third-order valence-corrected chi connectivity index (χ3v) is 5.14. The van der Waals surface area contributed by atoms with Gasteiger partial charge in [-0.1, -0.05) is 41.6 Å². The Kier molecular flexibility index (Phi) is 3.75. The van der Waals surface area contributed by atoms with Gasteiger partial charge < -0.3 is 4.52 Å². The number of nitrogens with zero attached hydrogens (tertiary/aromatic N) is 4. The molecule has 2 aromatic carbocycles. The predicted octanol–water partition coefficient (Wildman–Crippen LogP) is 2.90. The molecule has 1 saturated carbocycles. The average molecular weight is 374 g/mol. The molecule has 2 aromatic heterocycles. The van der Waals surface area contributed by atoms with Gasteiger partial charge in [0.25, 0.3) is 5.56 Å². The molecule has 1 aliphatic carbocycles. The van der Waals surface area contributed by atoms with Crippen LogP contribution in [0.5, 0.6) is 0 Å². The summed E-state index contributed by atoms with van der Waals surface area (Å²) in [4.78, 5) is 30.3. The van der Waals surface area contributed by atoms with Gasteiger partial charge in [0.1, 0.15) is 6.54 Å². The molecule has 2 heterocycles. The monoisotopic (exact) mass is 374 g/mol. The first-order chi connectivity index (χ1) is 13.6. The molecule has 0 N–H and O–H groups in total. The Balaban J connectivity index is 1.62. The first kappa shape index (κ1) is 16.7. The molecule has 0 unspecified atom stereocenters. The maximum Gasteiger partial charge on any atom is 0.332 e. The second-order valence-corrected chi connectivity index (χ2v) is 7.12. The zero-order valence-electron chi connectivity index (χ0n) is 15.3. The van der Waals surface area contributed by atoms with Gasteiger partial charge in [0.2, 0.25) is 11.7 Å². The maximum atomic E-state index is 13.1. The Labute approximate surface area is 159 Å². The summed E-state index contributed by atoms with van der Waals surface area (Å²) < 4.78 is 8.33. The molecule has 0 atom stereocenters. The van der Waals surface area contributed by atoms with Crippen LogP contribution in [0, 0.1) is 6.92 Å². The van der Waals surface area contributed by atoms with Crippen molar-refractivity contribution in [2.24, 2.45) is 0 Å². The van der Waals surface area contributed by atoms with E-state index < -0.39 is 0 Å². The number of aromatic nitrogens is 4. The highest BCUT2D eigenvalue weighted by Crippen LogP contribution is 2.32. The first-order valence-electron chi connectivity index (χ1n) is 9.26. The van der Waals surface area contributed by atoms with Gasteiger partial charge in [-0.2, -0.15) is 4.98 Å². The van der Waals surface area contributed by atoms with E-state index in [2.05, 4.69) is 10.1 Å². The summed E-state index contributed by atoms with van der Waals surface area (Å²) in [6.45, 7) is 2.10. The molecule has 7 heteroatoms. The highest BCUT2D eigenvalue weighted by molar-refractivity contribution is 5.78. The van der Waals surface area contributed by atoms with E-state index >= 15 is 0 Å². The second-order valence-electron chi connectivity index (χ2n) is 7.12. The van der Waals surface area contributed by atoms with E-state index in [9.17, 15) is 9.59 Å². The number of rotatable bonds is 4. The fourth-order valence-corrected chi connectivity index (χ4v) is 3.53. The Morgan fingerprint density at radius 2 is 1.82 bits per heavy atom. The van der Waals surface area contributed by atoms with Crippen LogP contribution in [0.4, 0.5) is 0 Å². The minimum absolute atomic E-state index is 0.0129. The molecule has 0 saturated heterocycles. The molecule has 4 aromatic rings. The molecule has 1 fully saturated rings. The van der Waals surface area contributed by atoms with E-state index in [0.717, 1.165) is 24.0 Å². The van der Waals surface area contributed by atoms with E-state index in [1.54, 1.807) is 22.8 Å². The Morgan fingerprint density at radius 3 is 2.61 bits per heavy atom. The molecule has 7 nitrogen and oxygen atoms in total. The van der Waals surface area contributed by atoms with Crippen LogP contribution in [0.15, 0.2) is 62.6 Å². The Hall–Kier alpha value is -3.48. The first-order valence-corrected chi connectivity index (χ1v) is 9.26. The third kappa shape index (κ3) is 2.67. The van der Waals surface area contributed by atoms with Gasteiger partial charge in [-0.15, -0.1) is 0 Å². The van der Waals surface area contributed by atoms with Crippen molar-refractivity contribution in [1.82, 2.24) is 19.3 Å². The summed E-state index contributed by atoms with van der Waals surface area (Å²) in [5, 5.41) is 4.59. The predicted molar refractivity (Wildman–Crippen MR) is 104 cm³/mol. The van der Waals surface area contributed by atoms with Crippen molar-refractivity contribution in [3.63, 3.8) is 0 Å². The van der Waals surface area contributed by atoms with Crippen molar-refractivity contribution in [2.75, 3.05) is 0 Å². The normalized spacial score (nSPS) is 13.9. The fourth-order valence-electron chi connectivity index (χ4n) is 3.53. The zero-order chi connectivity index (χ0) is 19.3. The summed E-state index contributed by atoms with van der Waals surface area (Å²) >= 11 is 0. The third-order valence-electron chi connectivity index (χ3n) is 5.14. The SMILES string of the molecule is Cc1ccccc1-c1noc(Cn2c(=O)n(C3CC3)c(=O)c3ccccc32)n1. The van der Waals surface area contributed by atoms with Crippen molar-refractivity contribution in [2.45, 2.75) is 32.4 Å². The Bertz CT molecular complexity index is 1310. The van der Waals surface area contributed by atoms with Gasteiger partial charge >= 0.3 is 5.69 Å². The molecule has 0 aliphatic heterocycles. The van der Waals surface area contributed by atoms with Gasteiger partial charge in [-0.25, -0.2) is 4.79 Å². The molecule has 0 amide bonds. The van der Waals surface area contributed by atoms with Gasteiger partial charge in [0.15, 0.2) is 0 Å². The average Bonchev–Trinajstić information content (AvgIpc) is 3.43. The minimum atomic E-state index is -0.332. The molecule has 1 aliphatic rings. The molecule has 0 bridgehead atoms. The lowest BCUT2D eigenvalue weighted by molar-refractivity contribution is 0.369. The van der Waals surface area contributed by atoms with Crippen molar-refractivity contribution in [3.8, 4) is 11.4 Å². The van der Waals surface area contributed by atoms with Crippen molar-refractivity contribution < 1.29 is 4.52 Å². The Morgan fingerprint density at radius 1 is 1.07 bits per heavy atom. The number of hydrogen-bond acceptors (Lipinski definition) is 5. The molecule has 0 spiro atoms. The van der Waals surface area contributed by atoms with Crippen molar-refractivity contribution in [1.29, 1.82) is 0 Å². The summed E-state index contributed by atoms with van der Waals surface area (Å²) in [5.74, 6) is 0.812. The summed E-state index contributed by atoms with van der Waals surface area (Å²) in [7, 11) is 0. The molecule has 140 valence electrons. The summed E-state index contributed by atoms with van der Waals surface area (Å²) in [6.07, 6.45) is 1.71. The van der Waals surface area contributed by atoms with Gasteiger partial charge in [0, 0.05) is 11.6 Å². The van der Waals surface area contributed by atoms with Crippen LogP contribution < -0.4 is 11.2 Å². The van der Waals surface area contributed by atoms with Gasteiger partial charge in [-0.05, 0) is 37.5 Å². The van der Waals surface area contributed by atoms with Crippen LogP contribution in [-0.4, -0.2) is 19.3 Å². The lowest BCUT2D eigenvalue weighted by Crippen LogP contribution is -2.39. The molecule has 0 radical (unpaired) electrons. The fraction of sp³-hybridized carbons (Fsp3) is 0.238. The largest absolute Gasteiger partial charge is 0.337 e. The lowest BCUT2D eigenvalue weighted by Gasteiger charge is -2.12. The van der Waals surface area contributed by atoms with Gasteiger partial charge in [0.05, 0.1) is 10.9 Å². The molecular formula is C21H18N4O3. The highest BCUT2D eigenvalue weighted by Gasteiger charge is 2.29. The summed E-state index contributed by atoms with van der Waals surface area (Å²) in [6, 6.07) is 14.9. The quantitative estimate of drug-likeness (QED) is 0.548. The standard InChI is InChI=1S/C21H18N4O3/c1-13-6-2-3-7-15(13)19-22-18(28-23-19)12-24-17-9-5-4-8-16(17)20(26)25(21(24)27)14-10-11-14/h2-9,14H,10-12H2,1H3. The number of hydrogen-bond donors (Lipinski definition) is 0.